The molecule has 2 N–H and O–H groups in total. The third-order valence-corrected chi connectivity index (χ3v) is 4.95. The first kappa shape index (κ1) is 15.9. The van der Waals surface area contributed by atoms with Gasteiger partial charge < -0.3 is 10.2 Å². The van der Waals surface area contributed by atoms with Crippen LogP contribution in [0.15, 0.2) is 58.5 Å². The lowest BCUT2D eigenvalue weighted by Crippen LogP contribution is -2.46. The molecule has 0 atom stereocenters. The van der Waals surface area contributed by atoms with Crippen LogP contribution in [-0.2, 0) is 0 Å². The minimum Gasteiger partial charge on any atom is -0.368 e. The number of benzene rings is 1. The highest BCUT2D eigenvalue weighted by molar-refractivity contribution is 5.94. The summed E-state index contributed by atoms with van der Waals surface area (Å²) in [5.41, 5.74) is 7.46. The topological polar surface area (TPSA) is 60.0 Å². The lowest BCUT2D eigenvalue weighted by Gasteiger charge is -2.38. The fourth-order valence-corrected chi connectivity index (χ4v) is 3.63. The van der Waals surface area contributed by atoms with E-state index in [1.807, 2.05) is 41.7 Å². The summed E-state index contributed by atoms with van der Waals surface area (Å²) in [6.07, 6.45) is 5.93. The number of hydrogen-bond donors (Lipinski definition) is 2. The first-order valence-electron chi connectivity index (χ1n) is 8.81. The molecule has 0 unspecified atom stereocenters. The van der Waals surface area contributed by atoms with Gasteiger partial charge in [0.05, 0.1) is 17.1 Å². The Hall–Kier alpha value is -2.60. The maximum absolute atomic E-state index is 12.3. The summed E-state index contributed by atoms with van der Waals surface area (Å²) >= 11 is 0. The van der Waals surface area contributed by atoms with Crippen molar-refractivity contribution in [1.29, 1.82) is 0 Å². The van der Waals surface area contributed by atoms with Crippen molar-refractivity contribution in [3.8, 4) is 0 Å². The van der Waals surface area contributed by atoms with Crippen molar-refractivity contribution in [1.82, 2.24) is 20.7 Å². The van der Waals surface area contributed by atoms with Gasteiger partial charge in [-0.05, 0) is 38.0 Å². The Morgan fingerprint density at radius 1 is 1.24 bits per heavy atom. The highest BCUT2D eigenvalue weighted by Crippen LogP contribution is 2.29. The standard InChI is InChI=1S/C19H23N5O/c1-14-18(17-7-10-21-24(17)13-20-14)23-11-8-16(9-12-23)22-19(25)15-5-3-2-4-6-15/h2-7,13,16,21H,8-12H2,1H3,(H,22,25). The van der Waals surface area contributed by atoms with E-state index in [1.165, 1.54) is 11.4 Å². The molecule has 1 aromatic carbocycles. The number of hydrazine groups is 1. The minimum atomic E-state index is 0.0191. The maximum Gasteiger partial charge on any atom is 0.251 e. The molecule has 0 radical (unpaired) electrons. The molecule has 1 fully saturated rings. The van der Waals surface area contributed by atoms with E-state index in [0.717, 1.165) is 43.7 Å². The van der Waals surface area contributed by atoms with E-state index < -0.39 is 0 Å². The van der Waals surface area contributed by atoms with Crippen LogP contribution in [0.3, 0.4) is 0 Å². The first-order chi connectivity index (χ1) is 12.2. The molecule has 4 rings (SSSR count). The molecule has 3 aliphatic rings. The van der Waals surface area contributed by atoms with E-state index in [1.54, 1.807) is 0 Å². The molecule has 0 bridgehead atoms. The quantitative estimate of drug-likeness (QED) is 0.884. The number of likely N-dealkylation sites (tertiary alicyclic amines) is 1. The SMILES string of the molecule is CC1=C(N2CCC(NC(=O)c3ccccc3)CC2)C2=CCNN2C=N1. The molecule has 0 spiro atoms. The average Bonchev–Trinajstić information content (AvgIpc) is 3.12. The molecular formula is C19H23N5O. The normalized spacial score (nSPS) is 20.6. The van der Waals surface area contributed by atoms with Crippen molar-refractivity contribution in [3.63, 3.8) is 0 Å². The molecule has 1 aromatic rings. The third kappa shape index (κ3) is 3.17. The summed E-state index contributed by atoms with van der Waals surface area (Å²) in [6, 6.07) is 9.65. The van der Waals surface area contributed by atoms with E-state index in [4.69, 9.17) is 0 Å². The van der Waals surface area contributed by atoms with E-state index in [2.05, 4.69) is 33.6 Å². The third-order valence-electron chi connectivity index (χ3n) is 4.95. The van der Waals surface area contributed by atoms with Gasteiger partial charge in [-0.1, -0.05) is 18.2 Å². The summed E-state index contributed by atoms with van der Waals surface area (Å²) in [5.74, 6) is 0.0191. The zero-order valence-electron chi connectivity index (χ0n) is 14.4. The summed E-state index contributed by atoms with van der Waals surface area (Å²) < 4.78 is 0. The fraction of sp³-hybridized carbons (Fsp3) is 0.368. The van der Waals surface area contributed by atoms with Gasteiger partial charge in [0, 0.05) is 31.2 Å². The Bertz CT molecular complexity index is 744. The molecule has 0 saturated carbocycles. The molecule has 6 nitrogen and oxygen atoms in total. The average molecular weight is 337 g/mol. The zero-order chi connectivity index (χ0) is 17.2. The Morgan fingerprint density at radius 3 is 2.76 bits per heavy atom. The predicted octanol–water partition coefficient (Wildman–Crippen LogP) is 1.86. The summed E-state index contributed by atoms with van der Waals surface area (Å²) in [4.78, 5) is 19.2. The van der Waals surface area contributed by atoms with Crippen LogP contribution >= 0.6 is 0 Å². The van der Waals surface area contributed by atoms with Gasteiger partial charge >= 0.3 is 0 Å². The van der Waals surface area contributed by atoms with Crippen molar-refractivity contribution in [2.75, 3.05) is 19.6 Å². The van der Waals surface area contributed by atoms with Gasteiger partial charge in [-0.3, -0.25) is 9.80 Å². The van der Waals surface area contributed by atoms with Crippen LogP contribution < -0.4 is 10.7 Å². The highest BCUT2D eigenvalue weighted by atomic mass is 16.1. The smallest absolute Gasteiger partial charge is 0.251 e. The van der Waals surface area contributed by atoms with Crippen LogP contribution in [0, 0.1) is 0 Å². The molecule has 25 heavy (non-hydrogen) atoms. The van der Waals surface area contributed by atoms with Gasteiger partial charge in [0.25, 0.3) is 5.91 Å². The number of carbonyl (C=O) groups is 1. The molecule has 6 heteroatoms. The van der Waals surface area contributed by atoms with Gasteiger partial charge in [-0.2, -0.15) is 0 Å². The molecule has 3 heterocycles. The Kier molecular flexibility index (Phi) is 4.28. The van der Waals surface area contributed by atoms with Crippen LogP contribution in [0.25, 0.3) is 0 Å². The largest absolute Gasteiger partial charge is 0.368 e. The monoisotopic (exact) mass is 337 g/mol. The second kappa shape index (κ2) is 6.72. The summed E-state index contributed by atoms with van der Waals surface area (Å²) in [6.45, 7) is 4.74. The van der Waals surface area contributed by atoms with Crippen LogP contribution in [0.2, 0.25) is 0 Å². The zero-order valence-corrected chi connectivity index (χ0v) is 14.4. The number of amides is 1. The Balaban J connectivity index is 1.39. The van der Waals surface area contributed by atoms with Crippen molar-refractivity contribution < 1.29 is 4.79 Å². The van der Waals surface area contributed by atoms with Crippen molar-refractivity contribution in [2.24, 2.45) is 4.99 Å². The van der Waals surface area contributed by atoms with Crippen molar-refractivity contribution >= 4 is 12.2 Å². The molecule has 0 aliphatic carbocycles. The van der Waals surface area contributed by atoms with Gasteiger partial charge in [0.2, 0.25) is 0 Å². The molecule has 1 saturated heterocycles. The molecule has 1 amide bonds. The fourth-order valence-electron chi connectivity index (χ4n) is 3.63. The molecule has 0 aromatic heterocycles. The maximum atomic E-state index is 12.3. The molecule has 130 valence electrons. The second-order valence-electron chi connectivity index (χ2n) is 6.60. The first-order valence-corrected chi connectivity index (χ1v) is 8.81. The van der Waals surface area contributed by atoms with E-state index in [-0.39, 0.29) is 11.9 Å². The van der Waals surface area contributed by atoms with Crippen molar-refractivity contribution in [3.05, 3.63) is 59.1 Å². The van der Waals surface area contributed by atoms with Crippen LogP contribution in [0.1, 0.15) is 30.1 Å². The number of hydrogen-bond acceptors (Lipinski definition) is 5. The molecular weight excluding hydrogens is 314 g/mol. The van der Waals surface area contributed by atoms with Gasteiger partial charge in [0.1, 0.15) is 6.34 Å². The van der Waals surface area contributed by atoms with E-state index >= 15 is 0 Å². The number of nitrogens with zero attached hydrogens (tertiary/aromatic N) is 3. The minimum absolute atomic E-state index is 0.0191. The number of allylic oxidation sites excluding steroid dienone is 1. The van der Waals surface area contributed by atoms with Crippen molar-refractivity contribution in [2.45, 2.75) is 25.8 Å². The second-order valence-corrected chi connectivity index (χ2v) is 6.60. The number of carbonyl (C=O) groups excluding carboxylic acids is 1. The Morgan fingerprint density at radius 2 is 2.00 bits per heavy atom. The number of fused-ring (bicyclic) bond motifs is 1. The summed E-state index contributed by atoms with van der Waals surface area (Å²) in [5, 5.41) is 5.16. The van der Waals surface area contributed by atoms with Crippen LogP contribution in [0.5, 0.6) is 0 Å². The van der Waals surface area contributed by atoms with Crippen LogP contribution in [-0.4, -0.2) is 47.8 Å². The predicted molar refractivity (Wildman–Crippen MR) is 97.6 cm³/mol. The van der Waals surface area contributed by atoms with E-state index in [9.17, 15) is 4.79 Å². The number of piperidine rings is 1. The van der Waals surface area contributed by atoms with Gasteiger partial charge in [0.15, 0.2) is 0 Å². The Labute approximate surface area is 147 Å². The lowest BCUT2D eigenvalue weighted by atomic mass is 10.0. The van der Waals surface area contributed by atoms with E-state index in [0.29, 0.717) is 0 Å². The van der Waals surface area contributed by atoms with Gasteiger partial charge in [-0.25, -0.2) is 10.4 Å². The van der Waals surface area contributed by atoms with Crippen LogP contribution in [0.4, 0.5) is 0 Å². The summed E-state index contributed by atoms with van der Waals surface area (Å²) in [7, 11) is 0. The number of nitrogens with one attached hydrogen (secondary N) is 2. The lowest BCUT2D eigenvalue weighted by molar-refractivity contribution is 0.0917. The highest BCUT2D eigenvalue weighted by Gasteiger charge is 2.30. The number of aliphatic imine (C=N–C) groups is 1. The molecule has 3 aliphatic heterocycles. The van der Waals surface area contributed by atoms with Gasteiger partial charge in [-0.15, -0.1) is 0 Å². The number of rotatable bonds is 3.